The van der Waals surface area contributed by atoms with Gasteiger partial charge in [-0.2, -0.15) is 5.10 Å². The number of benzene rings is 1. The van der Waals surface area contributed by atoms with Crippen molar-refractivity contribution >= 4 is 45.1 Å². The average Bonchev–Trinajstić information content (AvgIpc) is 2.84. The van der Waals surface area contributed by atoms with E-state index in [2.05, 4.69) is 40.0 Å². The molecule has 5 nitrogen and oxygen atoms in total. The van der Waals surface area contributed by atoms with E-state index in [0.29, 0.717) is 18.8 Å². The Bertz CT molecular complexity index is 700. The van der Waals surface area contributed by atoms with Gasteiger partial charge >= 0.3 is 0 Å². The zero-order valence-corrected chi connectivity index (χ0v) is 15.0. The molecule has 1 amide bonds. The number of hydrogen-bond acceptors (Lipinski definition) is 3. The number of rotatable bonds is 1. The molecule has 0 bridgehead atoms. The Kier molecular flexibility index (Phi) is 4.84. The van der Waals surface area contributed by atoms with Crippen LogP contribution in [0.5, 0.6) is 0 Å². The van der Waals surface area contributed by atoms with Crippen molar-refractivity contribution in [2.45, 2.75) is 26.3 Å². The van der Waals surface area contributed by atoms with Gasteiger partial charge in [0.05, 0.1) is 5.52 Å². The van der Waals surface area contributed by atoms with Gasteiger partial charge in [0, 0.05) is 29.0 Å². The van der Waals surface area contributed by atoms with Crippen molar-refractivity contribution in [3.8, 4) is 0 Å². The lowest BCUT2D eigenvalue weighted by Crippen LogP contribution is -2.54. The van der Waals surface area contributed by atoms with E-state index in [1.165, 1.54) is 0 Å². The molecule has 1 aromatic carbocycles. The molecule has 1 aliphatic rings. The van der Waals surface area contributed by atoms with E-state index in [1.54, 1.807) is 0 Å². The standard InChI is InChI=1S/C15H19BrN4O.ClH/c1-15(2)8-20(6-5-12(15)17)14(21)13-10-7-9(16)3-4-11(10)18-19-13;/h3-4,7,12H,5-6,8,17H2,1-2H3,(H,18,19);1H. The Morgan fingerprint density at radius 1 is 1.50 bits per heavy atom. The zero-order chi connectivity index (χ0) is 15.2. The maximum absolute atomic E-state index is 12.8. The van der Waals surface area contributed by atoms with Crippen LogP contribution in [-0.2, 0) is 0 Å². The number of likely N-dealkylation sites (tertiary alicyclic amines) is 1. The van der Waals surface area contributed by atoms with Crippen LogP contribution in [0, 0.1) is 5.41 Å². The first kappa shape index (κ1) is 17.2. The summed E-state index contributed by atoms with van der Waals surface area (Å²) in [6, 6.07) is 5.90. The van der Waals surface area contributed by atoms with Crippen LogP contribution >= 0.6 is 28.3 Å². The molecule has 0 aliphatic carbocycles. The highest BCUT2D eigenvalue weighted by Gasteiger charge is 2.36. The van der Waals surface area contributed by atoms with Crippen LogP contribution in [0.15, 0.2) is 22.7 Å². The van der Waals surface area contributed by atoms with Gasteiger partial charge in [0.25, 0.3) is 5.91 Å². The number of H-pyrrole nitrogens is 1. The molecule has 1 aliphatic heterocycles. The van der Waals surface area contributed by atoms with Gasteiger partial charge in [-0.05, 0) is 30.0 Å². The number of carbonyl (C=O) groups is 1. The second-order valence-electron chi connectivity index (χ2n) is 6.37. The van der Waals surface area contributed by atoms with E-state index in [-0.39, 0.29) is 29.8 Å². The molecule has 1 saturated heterocycles. The normalized spacial score (nSPS) is 20.7. The van der Waals surface area contributed by atoms with Gasteiger partial charge in [0.2, 0.25) is 0 Å². The van der Waals surface area contributed by atoms with Crippen molar-refractivity contribution in [1.29, 1.82) is 0 Å². The summed E-state index contributed by atoms with van der Waals surface area (Å²) in [6.45, 7) is 5.56. The van der Waals surface area contributed by atoms with Crippen molar-refractivity contribution < 1.29 is 4.79 Å². The SMILES string of the molecule is CC1(C)CN(C(=O)c2n[nH]c3ccc(Br)cc23)CCC1N.Cl. The summed E-state index contributed by atoms with van der Waals surface area (Å²) < 4.78 is 0.937. The third-order valence-corrected chi connectivity index (χ3v) is 4.82. The molecule has 7 heteroatoms. The van der Waals surface area contributed by atoms with E-state index in [9.17, 15) is 4.79 Å². The molecule has 1 atom stereocenters. The van der Waals surface area contributed by atoms with Crippen molar-refractivity contribution in [3.63, 3.8) is 0 Å². The largest absolute Gasteiger partial charge is 0.337 e. The van der Waals surface area contributed by atoms with Crippen LogP contribution in [0.2, 0.25) is 0 Å². The lowest BCUT2D eigenvalue weighted by molar-refractivity contribution is 0.0529. The Morgan fingerprint density at radius 2 is 2.23 bits per heavy atom. The van der Waals surface area contributed by atoms with Crippen molar-refractivity contribution in [2.24, 2.45) is 11.1 Å². The third-order valence-electron chi connectivity index (χ3n) is 4.33. The molecule has 120 valence electrons. The number of piperidine rings is 1. The van der Waals surface area contributed by atoms with Crippen LogP contribution in [0.25, 0.3) is 10.9 Å². The molecule has 22 heavy (non-hydrogen) atoms. The molecule has 3 rings (SSSR count). The first-order chi connectivity index (χ1) is 9.88. The summed E-state index contributed by atoms with van der Waals surface area (Å²) in [4.78, 5) is 14.6. The van der Waals surface area contributed by atoms with E-state index in [0.717, 1.165) is 21.8 Å². The summed E-state index contributed by atoms with van der Waals surface area (Å²) in [6.07, 6.45) is 0.824. The minimum absolute atomic E-state index is 0. The van der Waals surface area contributed by atoms with Crippen molar-refractivity contribution in [2.75, 3.05) is 13.1 Å². The smallest absolute Gasteiger partial charge is 0.275 e. The highest BCUT2D eigenvalue weighted by molar-refractivity contribution is 9.10. The predicted octanol–water partition coefficient (Wildman–Crippen LogP) is 2.95. The predicted molar refractivity (Wildman–Crippen MR) is 93.3 cm³/mol. The molecule has 2 aromatic rings. The number of aromatic nitrogens is 2. The monoisotopic (exact) mass is 386 g/mol. The highest BCUT2D eigenvalue weighted by Crippen LogP contribution is 2.29. The molecule has 1 fully saturated rings. The topological polar surface area (TPSA) is 75.0 Å². The zero-order valence-electron chi connectivity index (χ0n) is 12.6. The molecule has 2 heterocycles. The molecule has 3 N–H and O–H groups in total. The van der Waals surface area contributed by atoms with Gasteiger partial charge in [-0.1, -0.05) is 29.8 Å². The fourth-order valence-electron chi connectivity index (χ4n) is 2.85. The van der Waals surface area contributed by atoms with Gasteiger partial charge in [0.15, 0.2) is 5.69 Å². The van der Waals surface area contributed by atoms with Crippen LogP contribution in [0.4, 0.5) is 0 Å². The van der Waals surface area contributed by atoms with E-state index >= 15 is 0 Å². The third kappa shape index (κ3) is 3.00. The van der Waals surface area contributed by atoms with E-state index in [4.69, 9.17) is 5.73 Å². The maximum Gasteiger partial charge on any atom is 0.275 e. The van der Waals surface area contributed by atoms with Crippen molar-refractivity contribution in [3.05, 3.63) is 28.4 Å². The van der Waals surface area contributed by atoms with Crippen LogP contribution < -0.4 is 5.73 Å². The number of amides is 1. The number of aromatic amines is 1. The minimum Gasteiger partial charge on any atom is -0.337 e. The summed E-state index contributed by atoms with van der Waals surface area (Å²) >= 11 is 3.44. The molecule has 0 radical (unpaired) electrons. The highest BCUT2D eigenvalue weighted by atomic mass is 79.9. The first-order valence-corrected chi connectivity index (χ1v) is 7.86. The van der Waals surface area contributed by atoms with Gasteiger partial charge in [-0.25, -0.2) is 0 Å². The number of fused-ring (bicyclic) bond motifs is 1. The Balaban J connectivity index is 0.00000176. The molecular weight excluding hydrogens is 368 g/mol. The number of nitrogens with two attached hydrogens (primary N) is 1. The Morgan fingerprint density at radius 3 is 2.91 bits per heavy atom. The second kappa shape index (κ2) is 6.18. The number of halogens is 2. The van der Waals surface area contributed by atoms with Crippen LogP contribution in [0.3, 0.4) is 0 Å². The van der Waals surface area contributed by atoms with E-state index < -0.39 is 0 Å². The number of carbonyl (C=O) groups excluding carboxylic acids is 1. The molecule has 1 unspecified atom stereocenters. The minimum atomic E-state index is -0.0688. The van der Waals surface area contributed by atoms with Crippen LogP contribution in [0.1, 0.15) is 30.8 Å². The molecule has 0 spiro atoms. The summed E-state index contributed by atoms with van der Waals surface area (Å²) in [7, 11) is 0. The summed E-state index contributed by atoms with van der Waals surface area (Å²) in [5, 5.41) is 7.98. The molecular formula is C15H20BrClN4O. The summed E-state index contributed by atoms with van der Waals surface area (Å²) in [5.74, 6) is -0.0284. The number of hydrogen-bond donors (Lipinski definition) is 2. The second-order valence-corrected chi connectivity index (χ2v) is 7.29. The number of nitrogens with zero attached hydrogens (tertiary/aromatic N) is 2. The number of nitrogens with one attached hydrogen (secondary N) is 1. The summed E-state index contributed by atoms with van der Waals surface area (Å²) in [5.41, 5.74) is 7.42. The van der Waals surface area contributed by atoms with Gasteiger partial charge in [0.1, 0.15) is 0 Å². The Hall–Kier alpha value is -1.11. The fourth-order valence-corrected chi connectivity index (χ4v) is 3.21. The average molecular weight is 388 g/mol. The quantitative estimate of drug-likeness (QED) is 0.790. The lowest BCUT2D eigenvalue weighted by Gasteiger charge is -2.42. The molecule has 1 aromatic heterocycles. The Labute approximate surface area is 144 Å². The lowest BCUT2D eigenvalue weighted by atomic mass is 9.79. The first-order valence-electron chi connectivity index (χ1n) is 7.07. The molecule has 0 saturated carbocycles. The van der Waals surface area contributed by atoms with Crippen molar-refractivity contribution in [1.82, 2.24) is 15.1 Å². The van der Waals surface area contributed by atoms with E-state index in [1.807, 2.05) is 23.1 Å². The fraction of sp³-hybridized carbons (Fsp3) is 0.467. The van der Waals surface area contributed by atoms with Gasteiger partial charge in [-0.3, -0.25) is 9.89 Å². The maximum atomic E-state index is 12.8. The van der Waals surface area contributed by atoms with Gasteiger partial charge < -0.3 is 10.6 Å². The van der Waals surface area contributed by atoms with Crippen LogP contribution in [-0.4, -0.2) is 40.1 Å². The van der Waals surface area contributed by atoms with Gasteiger partial charge in [-0.15, -0.1) is 12.4 Å².